The van der Waals surface area contributed by atoms with Gasteiger partial charge in [0.15, 0.2) is 5.82 Å². The zero-order valence-electron chi connectivity index (χ0n) is 30.8. The summed E-state index contributed by atoms with van der Waals surface area (Å²) < 4.78 is 58.5. The predicted octanol–water partition coefficient (Wildman–Crippen LogP) is 5.35. The van der Waals surface area contributed by atoms with Crippen LogP contribution in [0, 0.1) is 29.9 Å². The number of amides is 1. The predicted molar refractivity (Wildman–Crippen MR) is 200 cm³/mol. The van der Waals surface area contributed by atoms with E-state index in [9.17, 15) is 18.8 Å². The number of ether oxygens (including phenoxy) is 2. The number of carbonyl (C=O) groups excluding carboxylic acids is 1. The van der Waals surface area contributed by atoms with E-state index in [2.05, 4.69) is 25.8 Å². The van der Waals surface area contributed by atoms with Crippen LogP contribution in [-0.4, -0.2) is 124 Å². The monoisotopic (exact) mass is 752 g/mol. The molecule has 6 aliphatic heterocycles. The van der Waals surface area contributed by atoms with Crippen LogP contribution in [0.15, 0.2) is 48.7 Å². The maximum atomic E-state index is 17.0. The number of aryl methyl sites for hydroxylation is 1. The summed E-state index contributed by atoms with van der Waals surface area (Å²) in [7, 11) is 0. The number of piperazine rings is 1. The van der Waals surface area contributed by atoms with Gasteiger partial charge in [0.25, 0.3) is 0 Å². The Bertz CT molecular complexity index is 2220. The van der Waals surface area contributed by atoms with Crippen molar-refractivity contribution in [3.8, 4) is 23.3 Å². The number of piperidine rings is 1. The number of carbonyl (C=O) groups is 1. The van der Waals surface area contributed by atoms with Gasteiger partial charge in [0, 0.05) is 76.5 Å². The van der Waals surface area contributed by atoms with Crippen molar-refractivity contribution in [3.05, 3.63) is 65.9 Å². The molecule has 55 heavy (non-hydrogen) atoms. The number of nitriles is 1. The molecule has 0 spiro atoms. The van der Waals surface area contributed by atoms with Gasteiger partial charge in [-0.05, 0) is 48.7 Å². The summed E-state index contributed by atoms with van der Waals surface area (Å²) in [6.07, 6.45) is 7.85. The first-order chi connectivity index (χ1) is 26.7. The fourth-order valence-corrected chi connectivity index (χ4v) is 9.50. The standard InChI is InChI=1S/C41H43F3N8O3/c1-25-33(43)9-8-26-5-2-6-31(35(25)26)37-36(44)38-32(19-46-37)39(48-40(47-38)54-24-41-11-4-14-51(41)20-27(42)18-41)50-15-16-52(28(21-50)10-12-45)34(53)7-3-13-49-22-29-17-30(23-49)55-29/h2-3,5-9,19,27-30H,4,10-11,13-18,20-24H2,1H3/b7-3+/t27-,28+,29?,30?,41+/m1/s1. The molecule has 6 aliphatic rings. The highest BCUT2D eigenvalue weighted by molar-refractivity contribution is 6.00. The molecule has 2 bridgehead atoms. The first-order valence-corrected chi connectivity index (χ1v) is 19.2. The molecule has 2 aromatic carbocycles. The Labute approximate surface area is 317 Å². The summed E-state index contributed by atoms with van der Waals surface area (Å²) in [6, 6.07) is 10.1. The van der Waals surface area contributed by atoms with E-state index in [1.54, 1.807) is 36.1 Å². The van der Waals surface area contributed by atoms with Crippen molar-refractivity contribution in [2.45, 2.75) is 69.0 Å². The molecular weight excluding hydrogens is 709 g/mol. The SMILES string of the molecule is Cc1c(F)ccc2cccc(-c3ncc4c(N5CCN(C(=O)/C=C/CN6CC7CC(C6)O7)[C@@H](CC#N)C5)nc(OC[C@@]56CCCN5C[C@H](F)C6)nc4c3F)c12. The molecule has 6 saturated heterocycles. The maximum absolute atomic E-state index is 17.0. The molecule has 1 amide bonds. The second-order valence-corrected chi connectivity index (χ2v) is 15.7. The van der Waals surface area contributed by atoms with Crippen molar-refractivity contribution in [2.24, 2.45) is 0 Å². The lowest BCUT2D eigenvalue weighted by atomic mass is 9.95. The number of rotatable bonds is 9. The molecule has 8 heterocycles. The van der Waals surface area contributed by atoms with Crippen LogP contribution < -0.4 is 9.64 Å². The number of halogens is 3. The Kier molecular flexibility index (Phi) is 9.35. The molecule has 4 aromatic rings. The number of hydrogen-bond acceptors (Lipinski definition) is 10. The van der Waals surface area contributed by atoms with Crippen molar-refractivity contribution >= 4 is 33.4 Å². The molecule has 5 atom stereocenters. The quantitative estimate of drug-likeness (QED) is 0.208. The Morgan fingerprint density at radius 3 is 2.76 bits per heavy atom. The van der Waals surface area contributed by atoms with E-state index in [1.807, 2.05) is 17.0 Å². The van der Waals surface area contributed by atoms with Crippen LogP contribution in [0.3, 0.4) is 0 Å². The highest BCUT2D eigenvalue weighted by atomic mass is 19.1. The minimum Gasteiger partial charge on any atom is -0.461 e. The topological polar surface area (TPSA) is 111 Å². The van der Waals surface area contributed by atoms with E-state index in [4.69, 9.17) is 14.5 Å². The highest BCUT2D eigenvalue weighted by Crippen LogP contribution is 2.41. The molecular formula is C41H43F3N8O3. The van der Waals surface area contributed by atoms with Gasteiger partial charge < -0.3 is 19.3 Å². The molecule has 286 valence electrons. The Balaban J connectivity index is 1.04. The van der Waals surface area contributed by atoms with Crippen molar-refractivity contribution < 1.29 is 27.4 Å². The molecule has 2 unspecified atom stereocenters. The van der Waals surface area contributed by atoms with E-state index >= 15 is 4.39 Å². The van der Waals surface area contributed by atoms with Gasteiger partial charge in [-0.2, -0.15) is 15.2 Å². The van der Waals surface area contributed by atoms with Crippen LogP contribution in [0.4, 0.5) is 19.0 Å². The van der Waals surface area contributed by atoms with Crippen LogP contribution in [-0.2, 0) is 9.53 Å². The third-order valence-corrected chi connectivity index (χ3v) is 12.2. The van der Waals surface area contributed by atoms with Gasteiger partial charge in [0.05, 0.1) is 41.7 Å². The van der Waals surface area contributed by atoms with Gasteiger partial charge in [-0.1, -0.05) is 30.3 Å². The number of morpholine rings is 1. The second kappa shape index (κ2) is 14.3. The molecule has 0 radical (unpaired) electrons. The van der Waals surface area contributed by atoms with Gasteiger partial charge in [0.1, 0.15) is 35.6 Å². The lowest BCUT2D eigenvalue weighted by Crippen LogP contribution is -2.57. The Morgan fingerprint density at radius 1 is 1.11 bits per heavy atom. The zero-order valence-corrected chi connectivity index (χ0v) is 30.8. The normalized spacial score (nSPS) is 26.8. The highest BCUT2D eigenvalue weighted by Gasteiger charge is 2.49. The fraction of sp³-hybridized carbons (Fsp3) is 0.488. The number of nitrogens with zero attached hydrogens (tertiary/aromatic N) is 8. The smallest absolute Gasteiger partial charge is 0.319 e. The zero-order chi connectivity index (χ0) is 37.8. The fourth-order valence-electron chi connectivity index (χ4n) is 9.50. The van der Waals surface area contributed by atoms with Gasteiger partial charge >= 0.3 is 6.01 Å². The number of benzene rings is 2. The van der Waals surface area contributed by atoms with E-state index in [0.29, 0.717) is 60.3 Å². The molecule has 6 fully saturated rings. The van der Waals surface area contributed by atoms with Crippen LogP contribution in [0.25, 0.3) is 32.9 Å². The molecule has 11 nitrogen and oxygen atoms in total. The van der Waals surface area contributed by atoms with Gasteiger partial charge in [-0.3, -0.25) is 19.6 Å². The third kappa shape index (κ3) is 6.55. The first-order valence-electron chi connectivity index (χ1n) is 19.2. The minimum absolute atomic E-state index is 0.0118. The molecule has 10 rings (SSSR count). The van der Waals surface area contributed by atoms with E-state index in [-0.39, 0.29) is 54.9 Å². The lowest BCUT2D eigenvalue weighted by Gasteiger charge is -2.46. The summed E-state index contributed by atoms with van der Waals surface area (Å²) in [5.41, 5.74) is 0.317. The summed E-state index contributed by atoms with van der Waals surface area (Å²) >= 11 is 0. The van der Waals surface area contributed by atoms with Gasteiger partial charge in [-0.25, -0.2) is 13.2 Å². The van der Waals surface area contributed by atoms with E-state index in [1.165, 1.54) is 12.3 Å². The van der Waals surface area contributed by atoms with Crippen molar-refractivity contribution in [2.75, 3.05) is 63.9 Å². The third-order valence-electron chi connectivity index (χ3n) is 12.2. The Morgan fingerprint density at radius 2 is 1.95 bits per heavy atom. The lowest BCUT2D eigenvalue weighted by molar-refractivity contribution is -0.178. The summed E-state index contributed by atoms with van der Waals surface area (Å²) in [4.78, 5) is 35.6. The number of hydrogen-bond donors (Lipinski definition) is 0. The number of pyridine rings is 1. The largest absolute Gasteiger partial charge is 0.461 e. The molecule has 0 aliphatic carbocycles. The average Bonchev–Trinajstić information content (AvgIpc) is 3.71. The van der Waals surface area contributed by atoms with Crippen LogP contribution >= 0.6 is 0 Å². The average molecular weight is 753 g/mol. The number of fused-ring (bicyclic) bond motifs is 5. The Hall–Kier alpha value is -4.84. The molecule has 0 saturated carbocycles. The van der Waals surface area contributed by atoms with Gasteiger partial charge in [-0.15, -0.1) is 0 Å². The van der Waals surface area contributed by atoms with Crippen LogP contribution in [0.2, 0.25) is 0 Å². The summed E-state index contributed by atoms with van der Waals surface area (Å²) in [5.74, 6) is -0.919. The van der Waals surface area contributed by atoms with E-state index < -0.39 is 29.4 Å². The van der Waals surface area contributed by atoms with Crippen molar-refractivity contribution in [3.63, 3.8) is 0 Å². The molecule has 2 aromatic heterocycles. The molecule has 0 N–H and O–H groups in total. The maximum Gasteiger partial charge on any atom is 0.319 e. The summed E-state index contributed by atoms with van der Waals surface area (Å²) in [5, 5.41) is 11.5. The molecule has 14 heteroatoms. The van der Waals surface area contributed by atoms with Crippen LogP contribution in [0.1, 0.15) is 37.7 Å². The second-order valence-electron chi connectivity index (χ2n) is 15.7. The minimum atomic E-state index is -0.951. The number of anilines is 1. The van der Waals surface area contributed by atoms with Crippen LogP contribution in [0.5, 0.6) is 6.01 Å². The number of alkyl halides is 1. The summed E-state index contributed by atoms with van der Waals surface area (Å²) in [6.45, 7) is 6.24. The van der Waals surface area contributed by atoms with E-state index in [0.717, 1.165) is 44.3 Å². The van der Waals surface area contributed by atoms with Crippen molar-refractivity contribution in [1.29, 1.82) is 5.26 Å². The van der Waals surface area contributed by atoms with Crippen molar-refractivity contribution in [1.82, 2.24) is 29.7 Å². The first kappa shape index (κ1) is 35.8. The number of aromatic nitrogens is 3. The van der Waals surface area contributed by atoms with Gasteiger partial charge in [0.2, 0.25) is 5.91 Å².